The maximum Gasteiger partial charge on any atom is 0.189 e. The summed E-state index contributed by atoms with van der Waals surface area (Å²) in [6.07, 6.45) is 1.77. The highest BCUT2D eigenvalue weighted by Gasteiger charge is 2.36. The van der Waals surface area contributed by atoms with Crippen LogP contribution >= 0.6 is 0 Å². The molecule has 0 aliphatic carbocycles. The third-order valence-electron chi connectivity index (χ3n) is 2.95. The minimum absolute atomic E-state index is 0.694. The lowest BCUT2D eigenvalue weighted by Gasteiger charge is -2.31. The zero-order valence-electron chi connectivity index (χ0n) is 11.2. The quantitative estimate of drug-likeness (QED) is 0.767. The molecule has 0 aliphatic heterocycles. The van der Waals surface area contributed by atoms with E-state index >= 15 is 0 Å². The standard InChI is InChI=1S/C13H20N2OSi/c1-6-17(4,5)16-13(3,10-14)12-8-7-11(2)9-15-12/h7-9H,6H2,1-5H3. The SMILES string of the molecule is CC[Si](C)(C)OC(C)(C#N)c1ccc(C)cn1. The third kappa shape index (κ3) is 3.38. The molecule has 4 heteroatoms. The maximum absolute atomic E-state index is 9.37. The Kier molecular flexibility index (Phi) is 4.07. The van der Waals surface area contributed by atoms with Gasteiger partial charge in [-0.3, -0.25) is 4.98 Å². The average Bonchev–Trinajstić information content (AvgIpc) is 2.29. The molecule has 1 aromatic rings. The lowest BCUT2D eigenvalue weighted by molar-refractivity contribution is 0.134. The number of rotatable bonds is 4. The second-order valence-corrected chi connectivity index (χ2v) is 9.51. The van der Waals surface area contributed by atoms with E-state index in [0.717, 1.165) is 11.6 Å². The number of hydrogen-bond donors (Lipinski definition) is 0. The minimum Gasteiger partial charge on any atom is -0.395 e. The summed E-state index contributed by atoms with van der Waals surface area (Å²) >= 11 is 0. The second kappa shape index (κ2) is 4.99. The van der Waals surface area contributed by atoms with Gasteiger partial charge in [-0.15, -0.1) is 0 Å². The van der Waals surface area contributed by atoms with Crippen LogP contribution in [-0.2, 0) is 10.0 Å². The smallest absolute Gasteiger partial charge is 0.189 e. The first-order valence-corrected chi connectivity index (χ1v) is 8.99. The van der Waals surface area contributed by atoms with Crippen LogP contribution in [0.15, 0.2) is 18.3 Å². The van der Waals surface area contributed by atoms with Crippen LogP contribution in [0.5, 0.6) is 0 Å². The van der Waals surface area contributed by atoms with Gasteiger partial charge in [-0.1, -0.05) is 13.0 Å². The monoisotopic (exact) mass is 248 g/mol. The number of pyridine rings is 1. The molecule has 0 fully saturated rings. The van der Waals surface area contributed by atoms with Gasteiger partial charge in [0.05, 0.1) is 5.69 Å². The number of nitrogens with zero attached hydrogens (tertiary/aromatic N) is 2. The van der Waals surface area contributed by atoms with E-state index < -0.39 is 13.9 Å². The van der Waals surface area contributed by atoms with E-state index in [9.17, 15) is 5.26 Å². The molecule has 3 nitrogen and oxygen atoms in total. The second-order valence-electron chi connectivity index (χ2n) is 5.08. The molecule has 0 bridgehead atoms. The van der Waals surface area contributed by atoms with Crippen molar-refractivity contribution in [3.05, 3.63) is 29.6 Å². The molecule has 92 valence electrons. The van der Waals surface area contributed by atoms with E-state index in [2.05, 4.69) is 31.1 Å². The summed E-state index contributed by atoms with van der Waals surface area (Å²) in [5.41, 5.74) is 0.847. The predicted octanol–water partition coefficient (Wildman–Crippen LogP) is 3.37. The fourth-order valence-electron chi connectivity index (χ4n) is 1.51. The summed E-state index contributed by atoms with van der Waals surface area (Å²) in [6, 6.07) is 7.07. The highest BCUT2D eigenvalue weighted by Crippen LogP contribution is 2.28. The van der Waals surface area contributed by atoms with Gasteiger partial charge in [0.1, 0.15) is 6.07 Å². The molecule has 0 aliphatic rings. The van der Waals surface area contributed by atoms with Crippen LogP contribution in [0.1, 0.15) is 25.1 Å². The van der Waals surface area contributed by atoms with Gasteiger partial charge >= 0.3 is 0 Å². The predicted molar refractivity (Wildman–Crippen MR) is 71.0 cm³/mol. The largest absolute Gasteiger partial charge is 0.395 e. The van der Waals surface area contributed by atoms with Crippen LogP contribution in [0.4, 0.5) is 0 Å². The maximum atomic E-state index is 9.37. The van der Waals surface area contributed by atoms with Gasteiger partial charge in [-0.2, -0.15) is 5.26 Å². The summed E-state index contributed by atoms with van der Waals surface area (Å²) < 4.78 is 6.06. The van der Waals surface area contributed by atoms with E-state index in [0.29, 0.717) is 5.69 Å². The molecule has 17 heavy (non-hydrogen) atoms. The highest BCUT2D eigenvalue weighted by atomic mass is 28.4. The molecule has 0 aromatic carbocycles. The Bertz CT molecular complexity index is 422. The van der Waals surface area contributed by atoms with Crippen LogP contribution in [0.3, 0.4) is 0 Å². The van der Waals surface area contributed by atoms with Crippen LogP contribution < -0.4 is 0 Å². The molecule has 1 atom stereocenters. The van der Waals surface area contributed by atoms with Gasteiger partial charge < -0.3 is 4.43 Å². The first-order valence-electron chi connectivity index (χ1n) is 5.87. The van der Waals surface area contributed by atoms with Gasteiger partial charge in [0.25, 0.3) is 0 Å². The van der Waals surface area contributed by atoms with Crippen molar-refractivity contribution >= 4 is 8.32 Å². The van der Waals surface area contributed by atoms with Crippen LogP contribution in [0.2, 0.25) is 19.1 Å². The van der Waals surface area contributed by atoms with Crippen molar-refractivity contribution in [1.82, 2.24) is 4.98 Å². The topological polar surface area (TPSA) is 45.9 Å². The Morgan fingerprint density at radius 2 is 2.12 bits per heavy atom. The fourth-order valence-corrected chi connectivity index (χ4v) is 2.91. The van der Waals surface area contributed by atoms with E-state index in [4.69, 9.17) is 4.43 Å². The van der Waals surface area contributed by atoms with E-state index in [1.165, 1.54) is 0 Å². The number of hydrogen-bond acceptors (Lipinski definition) is 3. The van der Waals surface area contributed by atoms with Crippen molar-refractivity contribution in [1.29, 1.82) is 5.26 Å². The number of aryl methyl sites for hydroxylation is 1. The Balaban J connectivity index is 3.05. The molecule has 1 aromatic heterocycles. The highest BCUT2D eigenvalue weighted by molar-refractivity contribution is 6.71. The zero-order chi connectivity index (χ0) is 13.1. The van der Waals surface area contributed by atoms with Crippen molar-refractivity contribution in [2.75, 3.05) is 0 Å². The zero-order valence-corrected chi connectivity index (χ0v) is 12.2. The summed E-state index contributed by atoms with van der Waals surface area (Å²) in [4.78, 5) is 4.31. The van der Waals surface area contributed by atoms with Gasteiger partial charge in [-0.25, -0.2) is 0 Å². The molecule has 0 radical (unpaired) electrons. The molecule has 0 saturated carbocycles. The first-order chi connectivity index (χ1) is 7.83. The Hall–Kier alpha value is -1.18. The number of aromatic nitrogens is 1. The van der Waals surface area contributed by atoms with Gasteiger partial charge in [0.15, 0.2) is 13.9 Å². The molecular formula is C13H20N2OSi. The molecule has 1 rings (SSSR count). The summed E-state index contributed by atoms with van der Waals surface area (Å²) in [7, 11) is -1.79. The Morgan fingerprint density at radius 1 is 1.47 bits per heavy atom. The van der Waals surface area contributed by atoms with Gasteiger partial charge in [0.2, 0.25) is 0 Å². The van der Waals surface area contributed by atoms with Gasteiger partial charge in [0, 0.05) is 6.20 Å². The van der Waals surface area contributed by atoms with Crippen LogP contribution in [0, 0.1) is 18.3 Å². The average molecular weight is 248 g/mol. The summed E-state index contributed by atoms with van der Waals surface area (Å²) in [5.74, 6) is 0. The van der Waals surface area contributed by atoms with Crippen molar-refractivity contribution in [3.8, 4) is 6.07 Å². The Morgan fingerprint density at radius 3 is 2.53 bits per heavy atom. The van der Waals surface area contributed by atoms with Crippen molar-refractivity contribution in [2.24, 2.45) is 0 Å². The van der Waals surface area contributed by atoms with Crippen molar-refractivity contribution < 1.29 is 4.43 Å². The lowest BCUT2D eigenvalue weighted by atomic mass is 10.0. The van der Waals surface area contributed by atoms with E-state index in [1.54, 1.807) is 13.1 Å². The molecule has 0 amide bonds. The van der Waals surface area contributed by atoms with Crippen LogP contribution in [-0.4, -0.2) is 13.3 Å². The number of nitriles is 1. The summed E-state index contributed by atoms with van der Waals surface area (Å²) in [5, 5.41) is 9.37. The third-order valence-corrected chi connectivity index (χ3v) is 5.61. The lowest BCUT2D eigenvalue weighted by Crippen LogP contribution is -2.40. The normalized spacial score (nSPS) is 15.1. The Labute approximate surface area is 105 Å². The molecule has 0 N–H and O–H groups in total. The van der Waals surface area contributed by atoms with Crippen molar-refractivity contribution in [2.45, 2.75) is 45.5 Å². The molecule has 0 saturated heterocycles. The fraction of sp³-hybridized carbons (Fsp3) is 0.538. The van der Waals surface area contributed by atoms with E-state index in [-0.39, 0.29) is 0 Å². The minimum atomic E-state index is -1.79. The van der Waals surface area contributed by atoms with Gasteiger partial charge in [-0.05, 0) is 44.6 Å². The molecular weight excluding hydrogens is 228 g/mol. The molecule has 1 unspecified atom stereocenters. The molecule has 1 heterocycles. The van der Waals surface area contributed by atoms with Crippen LogP contribution in [0.25, 0.3) is 0 Å². The van der Waals surface area contributed by atoms with Crippen molar-refractivity contribution in [3.63, 3.8) is 0 Å². The first kappa shape index (κ1) is 13.9. The molecule has 0 spiro atoms. The van der Waals surface area contributed by atoms with E-state index in [1.807, 2.05) is 19.1 Å². The summed E-state index contributed by atoms with van der Waals surface area (Å²) in [6.45, 7) is 10.1.